The van der Waals surface area contributed by atoms with Crippen molar-refractivity contribution < 1.29 is 4.74 Å². The number of hydrogen-bond donors (Lipinski definition) is 2. The molecule has 106 valence electrons. The number of thioether (sulfide) groups is 1. The summed E-state index contributed by atoms with van der Waals surface area (Å²) in [5.74, 6) is 8.05. The molecule has 0 bridgehead atoms. The van der Waals surface area contributed by atoms with Crippen molar-refractivity contribution in [2.24, 2.45) is 12.9 Å². The number of ether oxygens (including phenoxy) is 1. The Hall–Kier alpha value is -1.64. The molecule has 1 aromatic heterocycles. The minimum absolute atomic E-state index is 0.0243. The molecule has 1 aliphatic rings. The summed E-state index contributed by atoms with van der Waals surface area (Å²) in [7, 11) is 1.74. The predicted molar refractivity (Wildman–Crippen MR) is 75.2 cm³/mol. The smallest absolute Gasteiger partial charge is 0.176 e. The lowest BCUT2D eigenvalue weighted by atomic mass is 10.1. The average Bonchev–Trinajstić information content (AvgIpc) is 2.89. The zero-order valence-corrected chi connectivity index (χ0v) is 11.9. The van der Waals surface area contributed by atoms with Crippen LogP contribution >= 0.6 is 11.8 Å². The molecule has 0 saturated heterocycles. The van der Waals surface area contributed by atoms with Crippen molar-refractivity contribution in [1.82, 2.24) is 25.6 Å². The molecule has 1 aromatic carbocycles. The minimum atomic E-state index is -0.0555. The van der Waals surface area contributed by atoms with E-state index in [9.17, 15) is 0 Å². The Balaban J connectivity index is 1.71. The summed E-state index contributed by atoms with van der Waals surface area (Å²) < 4.78 is 6.02. The Labute approximate surface area is 120 Å². The molecule has 8 heteroatoms. The standard InChI is InChI=1S/C12H16N6OS/c1-18-16-12(15-17-18)6-8(14-13)10-7-20-11-5-3-2-4-9(11)19-10/h2-5,8,10,14H,6-7,13H2,1H3. The van der Waals surface area contributed by atoms with E-state index in [0.717, 1.165) is 16.4 Å². The molecule has 2 atom stereocenters. The van der Waals surface area contributed by atoms with Gasteiger partial charge < -0.3 is 4.74 Å². The lowest BCUT2D eigenvalue weighted by Gasteiger charge is -2.30. The number of hydrazine groups is 1. The van der Waals surface area contributed by atoms with Crippen LogP contribution in [-0.4, -0.2) is 38.1 Å². The van der Waals surface area contributed by atoms with E-state index >= 15 is 0 Å². The lowest BCUT2D eigenvalue weighted by molar-refractivity contribution is 0.164. The molecule has 0 aliphatic carbocycles. The quantitative estimate of drug-likeness (QED) is 0.611. The van der Waals surface area contributed by atoms with Gasteiger partial charge in [0.1, 0.15) is 11.9 Å². The normalized spacial score (nSPS) is 19.2. The Morgan fingerprint density at radius 1 is 1.55 bits per heavy atom. The van der Waals surface area contributed by atoms with Crippen molar-refractivity contribution >= 4 is 11.8 Å². The van der Waals surface area contributed by atoms with Gasteiger partial charge in [0.15, 0.2) is 5.82 Å². The fourth-order valence-electron chi connectivity index (χ4n) is 2.13. The van der Waals surface area contributed by atoms with Gasteiger partial charge in [-0.2, -0.15) is 4.80 Å². The molecule has 0 saturated carbocycles. The first-order valence-electron chi connectivity index (χ1n) is 6.34. The number of benzene rings is 1. The number of aryl methyl sites for hydroxylation is 1. The van der Waals surface area contributed by atoms with Crippen LogP contribution < -0.4 is 16.0 Å². The van der Waals surface area contributed by atoms with E-state index in [2.05, 4.69) is 26.9 Å². The topological polar surface area (TPSA) is 90.9 Å². The number of rotatable bonds is 4. The monoisotopic (exact) mass is 292 g/mol. The molecule has 3 N–H and O–H groups in total. The zero-order valence-electron chi connectivity index (χ0n) is 11.1. The fourth-order valence-corrected chi connectivity index (χ4v) is 3.21. The first kappa shape index (κ1) is 13.3. The second kappa shape index (κ2) is 5.78. The maximum Gasteiger partial charge on any atom is 0.176 e. The fraction of sp³-hybridized carbons (Fsp3) is 0.417. The van der Waals surface area contributed by atoms with Gasteiger partial charge in [0, 0.05) is 17.1 Å². The molecule has 20 heavy (non-hydrogen) atoms. The molecule has 1 aliphatic heterocycles. The first-order chi connectivity index (χ1) is 9.76. The van der Waals surface area contributed by atoms with Crippen LogP contribution in [0.1, 0.15) is 5.82 Å². The molecule has 0 amide bonds. The Morgan fingerprint density at radius 3 is 3.15 bits per heavy atom. The minimum Gasteiger partial charge on any atom is -0.487 e. The largest absolute Gasteiger partial charge is 0.487 e. The third-order valence-corrected chi connectivity index (χ3v) is 4.29. The van der Waals surface area contributed by atoms with Gasteiger partial charge >= 0.3 is 0 Å². The van der Waals surface area contributed by atoms with Crippen LogP contribution in [0.15, 0.2) is 29.2 Å². The number of nitrogens with two attached hydrogens (primary N) is 1. The average molecular weight is 292 g/mol. The maximum absolute atomic E-state index is 6.02. The number of nitrogens with zero attached hydrogens (tertiary/aromatic N) is 4. The second-order valence-electron chi connectivity index (χ2n) is 4.59. The molecular weight excluding hydrogens is 276 g/mol. The molecule has 3 rings (SSSR count). The van der Waals surface area contributed by atoms with Crippen molar-refractivity contribution in [3.05, 3.63) is 30.1 Å². The first-order valence-corrected chi connectivity index (χ1v) is 7.32. The summed E-state index contributed by atoms with van der Waals surface area (Å²) in [6.45, 7) is 0. The highest BCUT2D eigenvalue weighted by atomic mass is 32.2. The van der Waals surface area contributed by atoms with E-state index in [1.165, 1.54) is 4.80 Å². The third kappa shape index (κ3) is 2.77. The Morgan fingerprint density at radius 2 is 2.40 bits per heavy atom. The SMILES string of the molecule is Cn1nnc(CC(NN)C2CSc3ccccc3O2)n1. The molecule has 7 nitrogen and oxygen atoms in total. The van der Waals surface area contributed by atoms with Crippen LogP contribution in [0.2, 0.25) is 0 Å². The zero-order chi connectivity index (χ0) is 13.9. The van der Waals surface area contributed by atoms with E-state index < -0.39 is 0 Å². The summed E-state index contributed by atoms with van der Waals surface area (Å²) in [5, 5.41) is 12.0. The second-order valence-corrected chi connectivity index (χ2v) is 5.65. The third-order valence-electron chi connectivity index (χ3n) is 3.15. The summed E-state index contributed by atoms with van der Waals surface area (Å²) >= 11 is 1.77. The molecule has 0 spiro atoms. The van der Waals surface area contributed by atoms with Gasteiger partial charge in [-0.05, 0) is 17.3 Å². The van der Waals surface area contributed by atoms with Crippen molar-refractivity contribution in [3.63, 3.8) is 0 Å². The lowest BCUT2D eigenvalue weighted by Crippen LogP contribution is -2.50. The van der Waals surface area contributed by atoms with Gasteiger partial charge in [0.2, 0.25) is 0 Å². The van der Waals surface area contributed by atoms with Gasteiger partial charge in [-0.3, -0.25) is 11.3 Å². The van der Waals surface area contributed by atoms with Crippen LogP contribution in [0.4, 0.5) is 0 Å². The number of hydrogen-bond acceptors (Lipinski definition) is 7. The van der Waals surface area contributed by atoms with Crippen molar-refractivity contribution in [2.45, 2.75) is 23.5 Å². The highest BCUT2D eigenvalue weighted by Gasteiger charge is 2.28. The van der Waals surface area contributed by atoms with E-state index in [0.29, 0.717) is 12.2 Å². The van der Waals surface area contributed by atoms with Crippen LogP contribution in [0.25, 0.3) is 0 Å². The van der Waals surface area contributed by atoms with E-state index in [-0.39, 0.29) is 12.1 Å². The number of fused-ring (bicyclic) bond motifs is 1. The highest BCUT2D eigenvalue weighted by molar-refractivity contribution is 7.99. The summed E-state index contributed by atoms with van der Waals surface area (Å²) in [6, 6.07) is 7.96. The van der Waals surface area contributed by atoms with Gasteiger partial charge in [0.25, 0.3) is 0 Å². The Bertz CT molecular complexity index is 589. The number of aromatic nitrogens is 4. The van der Waals surface area contributed by atoms with Gasteiger partial charge in [0.05, 0.1) is 13.1 Å². The molecule has 2 unspecified atom stereocenters. The number of tetrazole rings is 1. The molecule has 2 aromatic rings. The van der Waals surface area contributed by atoms with Crippen LogP contribution in [0.3, 0.4) is 0 Å². The van der Waals surface area contributed by atoms with Crippen LogP contribution in [0, 0.1) is 0 Å². The van der Waals surface area contributed by atoms with E-state index in [4.69, 9.17) is 10.6 Å². The predicted octanol–water partition coefficient (Wildman–Crippen LogP) is 0.138. The van der Waals surface area contributed by atoms with Crippen LogP contribution in [0.5, 0.6) is 5.75 Å². The summed E-state index contributed by atoms with van der Waals surface area (Å²) in [5.41, 5.74) is 2.80. The van der Waals surface area contributed by atoms with Crippen molar-refractivity contribution in [1.29, 1.82) is 0 Å². The summed E-state index contributed by atoms with van der Waals surface area (Å²) in [4.78, 5) is 2.60. The van der Waals surface area contributed by atoms with Gasteiger partial charge in [-0.25, -0.2) is 0 Å². The van der Waals surface area contributed by atoms with Gasteiger partial charge in [-0.15, -0.1) is 22.0 Å². The number of para-hydroxylation sites is 1. The van der Waals surface area contributed by atoms with E-state index in [1.54, 1.807) is 18.8 Å². The van der Waals surface area contributed by atoms with E-state index in [1.807, 2.05) is 18.2 Å². The molecular formula is C12H16N6OS. The molecule has 0 fully saturated rings. The number of nitrogens with one attached hydrogen (secondary N) is 1. The van der Waals surface area contributed by atoms with Crippen molar-refractivity contribution in [3.8, 4) is 5.75 Å². The van der Waals surface area contributed by atoms with Crippen molar-refractivity contribution in [2.75, 3.05) is 5.75 Å². The molecule has 2 heterocycles. The molecule has 0 radical (unpaired) electrons. The van der Waals surface area contributed by atoms with Gasteiger partial charge in [-0.1, -0.05) is 12.1 Å². The highest BCUT2D eigenvalue weighted by Crippen LogP contribution is 2.35. The van der Waals surface area contributed by atoms with Crippen LogP contribution in [-0.2, 0) is 13.5 Å². The summed E-state index contributed by atoms with van der Waals surface area (Å²) in [6.07, 6.45) is 0.557. The maximum atomic E-state index is 6.02. The Kier molecular flexibility index (Phi) is 3.86.